The van der Waals surface area contributed by atoms with Gasteiger partial charge in [-0.3, -0.25) is 0 Å². The van der Waals surface area contributed by atoms with Crippen molar-refractivity contribution in [1.29, 1.82) is 5.53 Å². The summed E-state index contributed by atoms with van der Waals surface area (Å²) in [7, 11) is 0. The molecule has 0 saturated carbocycles. The Morgan fingerprint density at radius 1 is 2.00 bits per heavy atom. The van der Waals surface area contributed by atoms with Gasteiger partial charge in [0.2, 0.25) is 0 Å². The molecule has 4 heteroatoms. The third-order valence-electron chi connectivity index (χ3n) is 0. The minimum atomic E-state index is 0. The van der Waals surface area contributed by atoms with Crippen molar-refractivity contribution in [2.45, 2.75) is 0 Å². The Kier molecular flexibility index (Phi) is 20.2. The fraction of sp³-hybridized carbons (Fsp3) is 0. The van der Waals surface area contributed by atoms with Crippen LogP contribution in [0.15, 0.2) is 0 Å². The van der Waals surface area contributed by atoms with Gasteiger partial charge in [-0.1, -0.05) is 0 Å². The van der Waals surface area contributed by atoms with Crippen LogP contribution >= 0.6 is 0 Å². The zero-order valence-electron chi connectivity index (χ0n) is 4.10. The van der Waals surface area contributed by atoms with Crippen molar-refractivity contribution in [3.63, 3.8) is 0 Å². The first-order valence-corrected chi connectivity index (χ1v) is 0.424. The first-order chi connectivity index (χ1) is 1.41. The molecule has 0 unspecified atom stereocenters. The second-order valence-electron chi connectivity index (χ2n) is 0.100. The molecule has 0 aromatic heterocycles. The zero-order chi connectivity index (χ0) is 2.71. The van der Waals surface area contributed by atoms with Crippen LogP contribution < -0.4 is 0 Å². The van der Waals surface area contributed by atoms with Gasteiger partial charge in [0, 0.05) is 0 Å². The molecule has 0 spiro atoms. The van der Waals surface area contributed by atoms with Crippen molar-refractivity contribution in [1.82, 2.24) is 0 Å². The van der Waals surface area contributed by atoms with Crippen LogP contribution in [-0.4, -0.2) is 48.9 Å². The average molecular weight is 182 g/mol. The minimum absolute atomic E-state index is 0. The number of nitrogens with zero attached hydrogens (tertiary/aromatic N) is 2. The molecule has 0 fully saturated rings. The molecule has 1 N–H and O–H groups in total. The Bertz CT molecular complexity index is 29.8. The molecule has 0 saturated heterocycles. The monoisotopic (exact) mass is 183 g/mol. The van der Waals surface area contributed by atoms with Crippen molar-refractivity contribution >= 4 is 48.9 Å². The standard InChI is InChI=1S/Ba.HN3.2H/c;1-3-2;;/h;1H;;/q+2;;2*-1. The van der Waals surface area contributed by atoms with Crippen molar-refractivity contribution in [3.05, 3.63) is 10.4 Å². The van der Waals surface area contributed by atoms with E-state index in [1.807, 2.05) is 0 Å². The van der Waals surface area contributed by atoms with Gasteiger partial charge in [-0.25, -0.2) is 0 Å². The summed E-state index contributed by atoms with van der Waals surface area (Å²) in [5, 5.41) is 0. The Labute approximate surface area is 66.8 Å². The van der Waals surface area contributed by atoms with Gasteiger partial charge >= 0.3 is 48.9 Å². The average Bonchev–Trinajstić information content (AvgIpc) is 0.918. The number of hydrogen-bond acceptors (Lipinski definition) is 1. The molecule has 0 heterocycles. The Morgan fingerprint density at radius 3 is 2.00 bits per heavy atom. The van der Waals surface area contributed by atoms with Crippen molar-refractivity contribution in [2.24, 2.45) is 0 Å². The summed E-state index contributed by atoms with van der Waals surface area (Å²) < 4.78 is 0. The molecule has 0 radical (unpaired) electrons. The number of nitrogens with one attached hydrogen (secondary N) is 1. The molecule has 3 nitrogen and oxygen atoms in total. The molecule has 0 amide bonds. The molecule has 0 aliphatic carbocycles. The van der Waals surface area contributed by atoms with E-state index in [0.717, 1.165) is 0 Å². The van der Waals surface area contributed by atoms with Crippen LogP contribution in [0.4, 0.5) is 0 Å². The van der Waals surface area contributed by atoms with Crippen LogP contribution in [-0.2, 0) is 0 Å². The number of hydrogen-bond donors (Lipinski definition) is 1. The van der Waals surface area contributed by atoms with Crippen molar-refractivity contribution < 1.29 is 2.85 Å². The second-order valence-corrected chi connectivity index (χ2v) is 0.100. The Balaban J connectivity index is -0.00000000667. The largest absolute Gasteiger partial charge is 2.00 e. The van der Waals surface area contributed by atoms with Gasteiger partial charge < -0.3 is 2.85 Å². The first kappa shape index (κ1) is 8.86. The maximum absolute atomic E-state index is 6.86. The maximum atomic E-state index is 6.86. The van der Waals surface area contributed by atoms with Gasteiger partial charge in [-0.2, -0.15) is 0 Å². The van der Waals surface area contributed by atoms with Crippen molar-refractivity contribution in [2.75, 3.05) is 0 Å². The van der Waals surface area contributed by atoms with E-state index in [0.29, 0.717) is 0 Å². The molecule has 0 atom stereocenters. The molecule has 0 rings (SSSR count). The maximum Gasteiger partial charge on any atom is 2.00 e. The summed E-state index contributed by atoms with van der Waals surface area (Å²) in [5.41, 5.74) is 12.2. The van der Waals surface area contributed by atoms with Crippen LogP contribution in [0, 0.1) is 5.53 Å². The molecule has 20 valence electrons. The fourth-order valence-electron chi connectivity index (χ4n) is 0. The molecule has 0 aromatic rings. The van der Waals surface area contributed by atoms with Crippen LogP contribution in [0.1, 0.15) is 2.85 Å². The van der Waals surface area contributed by atoms with Crippen LogP contribution in [0.25, 0.3) is 10.4 Å². The topological polar surface area (TPSA) is 60.3 Å². The predicted molar refractivity (Wildman–Crippen MR) is 17.4 cm³/mol. The van der Waals surface area contributed by atoms with E-state index in [1.54, 1.807) is 4.91 Å². The fourth-order valence-corrected chi connectivity index (χ4v) is 0. The smallest absolute Gasteiger partial charge is 1.00 e. The summed E-state index contributed by atoms with van der Waals surface area (Å²) >= 11 is 0. The summed E-state index contributed by atoms with van der Waals surface area (Å²) in [5.74, 6) is 0. The van der Waals surface area contributed by atoms with E-state index < -0.39 is 0 Å². The molecule has 0 bridgehead atoms. The van der Waals surface area contributed by atoms with E-state index in [4.69, 9.17) is 11.1 Å². The normalized spacial score (nSPS) is 2.00. The van der Waals surface area contributed by atoms with Crippen LogP contribution in [0.5, 0.6) is 0 Å². The molecule has 0 aliphatic rings. The van der Waals surface area contributed by atoms with E-state index in [2.05, 4.69) is 0 Å². The Hall–Kier alpha value is 0.881. The quantitative estimate of drug-likeness (QED) is 0.248. The van der Waals surface area contributed by atoms with Gasteiger partial charge in [-0.15, -0.1) is 5.53 Å². The summed E-state index contributed by atoms with van der Waals surface area (Å²) in [6.45, 7) is 0. The summed E-state index contributed by atoms with van der Waals surface area (Å²) in [6, 6.07) is 0. The van der Waals surface area contributed by atoms with Gasteiger partial charge in [0.15, 0.2) is 0 Å². The summed E-state index contributed by atoms with van der Waals surface area (Å²) in [4.78, 5) is 1.75. The van der Waals surface area contributed by atoms with Crippen LogP contribution in [0.2, 0.25) is 0 Å². The van der Waals surface area contributed by atoms with Crippen molar-refractivity contribution in [3.8, 4) is 0 Å². The second kappa shape index (κ2) is 9.10. The van der Waals surface area contributed by atoms with E-state index in [-0.39, 0.29) is 51.7 Å². The van der Waals surface area contributed by atoms with Crippen LogP contribution in [0.3, 0.4) is 0 Å². The van der Waals surface area contributed by atoms with Gasteiger partial charge in [0.1, 0.15) is 0 Å². The molecule has 0 aromatic carbocycles. The first-order valence-electron chi connectivity index (χ1n) is 0.424. The SMILES string of the molecule is [Ba+2].[H-].[H-].[N-]=[N+]=N. The third-order valence-corrected chi connectivity index (χ3v) is 0. The Morgan fingerprint density at radius 2 is 2.00 bits per heavy atom. The number of rotatable bonds is 0. The van der Waals surface area contributed by atoms with E-state index in [9.17, 15) is 0 Å². The summed E-state index contributed by atoms with van der Waals surface area (Å²) in [6.07, 6.45) is 0. The molecule has 4 heavy (non-hydrogen) atoms. The predicted octanol–water partition coefficient (Wildman–Crippen LogP) is 0.720. The zero-order valence-corrected chi connectivity index (χ0v) is 6.54. The molecular weight excluding hydrogens is 179 g/mol. The molecule has 0 aliphatic heterocycles. The van der Waals surface area contributed by atoms with Gasteiger partial charge in [-0.05, 0) is 10.4 Å². The minimum Gasteiger partial charge on any atom is -1.00 e. The van der Waals surface area contributed by atoms with Gasteiger partial charge in [0.25, 0.3) is 0 Å². The van der Waals surface area contributed by atoms with Gasteiger partial charge in [0.05, 0.1) is 0 Å². The molecular formula is H3BaN3. The third kappa shape index (κ3) is 13.1. The van der Waals surface area contributed by atoms with E-state index in [1.165, 1.54) is 0 Å². The van der Waals surface area contributed by atoms with E-state index >= 15 is 0 Å².